The second-order valence-corrected chi connectivity index (χ2v) is 6.71. The molecule has 0 aliphatic carbocycles. The van der Waals surface area contributed by atoms with Crippen molar-refractivity contribution in [1.82, 2.24) is 4.90 Å². The monoisotopic (exact) mass is 364 g/mol. The maximum Gasteiger partial charge on any atom is 0.268 e. The normalized spacial score (nSPS) is 19.2. The van der Waals surface area contributed by atoms with Crippen LogP contribution in [0.4, 0.5) is 5.69 Å². The number of methoxy groups -OCH3 is 1. The molecule has 2 aromatic carbocycles. The standard InChI is InChI=1S/C21H20N2O4/c1-27-18-12-5-3-9-15(18)20(25)23-16-10-4-2-8-14(16)19(24)22-13-7-6-11-17(22)21(23)26/h2-5,8-10,12,17H,6-7,11,13H2,1H3. The number of hydrogen-bond acceptors (Lipinski definition) is 4. The van der Waals surface area contributed by atoms with E-state index < -0.39 is 11.9 Å². The first-order valence-electron chi connectivity index (χ1n) is 9.05. The van der Waals surface area contributed by atoms with Crippen molar-refractivity contribution < 1.29 is 19.1 Å². The zero-order valence-electron chi connectivity index (χ0n) is 15.1. The molecule has 138 valence electrons. The Labute approximate surface area is 157 Å². The van der Waals surface area contributed by atoms with Crippen molar-refractivity contribution in [3.8, 4) is 5.75 Å². The van der Waals surface area contributed by atoms with Gasteiger partial charge in [-0.05, 0) is 43.5 Å². The van der Waals surface area contributed by atoms with Crippen molar-refractivity contribution in [3.63, 3.8) is 0 Å². The van der Waals surface area contributed by atoms with E-state index in [1.807, 2.05) is 0 Å². The molecule has 2 aromatic rings. The van der Waals surface area contributed by atoms with Crippen LogP contribution in [0, 0.1) is 0 Å². The maximum atomic E-state index is 13.4. The van der Waals surface area contributed by atoms with E-state index in [1.54, 1.807) is 53.4 Å². The van der Waals surface area contributed by atoms with E-state index in [4.69, 9.17) is 4.74 Å². The summed E-state index contributed by atoms with van der Waals surface area (Å²) >= 11 is 0. The first kappa shape index (κ1) is 17.3. The summed E-state index contributed by atoms with van der Waals surface area (Å²) in [4.78, 5) is 42.6. The zero-order chi connectivity index (χ0) is 19.0. The molecule has 1 saturated heterocycles. The highest BCUT2D eigenvalue weighted by atomic mass is 16.5. The first-order chi connectivity index (χ1) is 13.1. The van der Waals surface area contributed by atoms with Crippen LogP contribution >= 0.6 is 0 Å². The van der Waals surface area contributed by atoms with E-state index in [2.05, 4.69) is 0 Å². The largest absolute Gasteiger partial charge is 0.496 e. The fourth-order valence-corrected chi connectivity index (χ4v) is 3.85. The van der Waals surface area contributed by atoms with Gasteiger partial charge in [0.05, 0.1) is 23.9 Å². The number of piperidine rings is 1. The fourth-order valence-electron chi connectivity index (χ4n) is 3.85. The molecular formula is C21H20N2O4. The van der Waals surface area contributed by atoms with Gasteiger partial charge >= 0.3 is 0 Å². The smallest absolute Gasteiger partial charge is 0.268 e. The Kier molecular flexibility index (Phi) is 4.39. The molecule has 4 rings (SSSR count). The van der Waals surface area contributed by atoms with Crippen LogP contribution in [0.3, 0.4) is 0 Å². The Morgan fingerprint density at radius 2 is 1.78 bits per heavy atom. The molecule has 1 fully saturated rings. The summed E-state index contributed by atoms with van der Waals surface area (Å²) in [6, 6.07) is 13.0. The van der Waals surface area contributed by atoms with Crippen molar-refractivity contribution in [2.24, 2.45) is 0 Å². The predicted octanol–water partition coefficient (Wildman–Crippen LogP) is 2.88. The molecule has 27 heavy (non-hydrogen) atoms. The minimum absolute atomic E-state index is 0.195. The number of benzene rings is 2. The van der Waals surface area contributed by atoms with E-state index in [9.17, 15) is 14.4 Å². The third-order valence-corrected chi connectivity index (χ3v) is 5.18. The molecule has 0 aromatic heterocycles. The molecule has 6 heteroatoms. The molecule has 0 bridgehead atoms. The molecule has 2 aliphatic rings. The molecule has 6 nitrogen and oxygen atoms in total. The molecule has 0 N–H and O–H groups in total. The molecule has 1 unspecified atom stereocenters. The van der Waals surface area contributed by atoms with Crippen molar-refractivity contribution >= 4 is 23.4 Å². The second-order valence-electron chi connectivity index (χ2n) is 6.71. The average Bonchev–Trinajstić information content (AvgIpc) is 2.82. The Balaban J connectivity index is 1.87. The molecule has 2 aliphatic heterocycles. The number of carbonyl (C=O) groups excluding carboxylic acids is 3. The molecular weight excluding hydrogens is 344 g/mol. The van der Waals surface area contributed by atoms with E-state index in [0.29, 0.717) is 35.5 Å². The average molecular weight is 364 g/mol. The van der Waals surface area contributed by atoms with Crippen LogP contribution in [0.1, 0.15) is 40.0 Å². The number of rotatable bonds is 2. The molecule has 3 amide bonds. The van der Waals surface area contributed by atoms with Crippen LogP contribution in [-0.2, 0) is 4.79 Å². The number of carbonyl (C=O) groups is 3. The molecule has 0 radical (unpaired) electrons. The van der Waals surface area contributed by atoms with Crippen LogP contribution in [0.5, 0.6) is 5.75 Å². The van der Waals surface area contributed by atoms with Gasteiger partial charge in [0.1, 0.15) is 11.8 Å². The van der Waals surface area contributed by atoms with Crippen LogP contribution in [0.2, 0.25) is 0 Å². The highest BCUT2D eigenvalue weighted by Crippen LogP contribution is 2.33. The SMILES string of the molecule is COc1ccccc1C(=O)N1C(=O)C2CCCCN2C(=O)c2ccccc21. The van der Waals surface area contributed by atoms with E-state index >= 15 is 0 Å². The van der Waals surface area contributed by atoms with Gasteiger partial charge in [-0.3, -0.25) is 14.4 Å². The Morgan fingerprint density at radius 1 is 1.04 bits per heavy atom. The first-order valence-corrected chi connectivity index (χ1v) is 9.05. The van der Waals surface area contributed by atoms with Gasteiger partial charge in [0, 0.05) is 6.54 Å². The van der Waals surface area contributed by atoms with Gasteiger partial charge < -0.3 is 9.64 Å². The fraction of sp³-hybridized carbons (Fsp3) is 0.286. The van der Waals surface area contributed by atoms with Gasteiger partial charge in [-0.2, -0.15) is 0 Å². The quantitative estimate of drug-likeness (QED) is 0.769. The lowest BCUT2D eigenvalue weighted by atomic mass is 10.0. The van der Waals surface area contributed by atoms with Gasteiger partial charge in [-0.1, -0.05) is 24.3 Å². The number of hydrogen-bond donors (Lipinski definition) is 0. The van der Waals surface area contributed by atoms with Crippen molar-refractivity contribution in [1.29, 1.82) is 0 Å². The highest BCUT2D eigenvalue weighted by Gasteiger charge is 2.43. The van der Waals surface area contributed by atoms with E-state index in [1.165, 1.54) is 7.11 Å². The van der Waals surface area contributed by atoms with Crippen molar-refractivity contribution in [2.45, 2.75) is 25.3 Å². The van der Waals surface area contributed by atoms with Gasteiger partial charge in [-0.25, -0.2) is 4.90 Å². The summed E-state index contributed by atoms with van der Waals surface area (Å²) in [5.41, 5.74) is 0.996. The number of fused-ring (bicyclic) bond motifs is 2. The Morgan fingerprint density at radius 3 is 2.59 bits per heavy atom. The van der Waals surface area contributed by atoms with Gasteiger partial charge in [0.2, 0.25) is 0 Å². The topological polar surface area (TPSA) is 66.9 Å². The van der Waals surface area contributed by atoms with Crippen molar-refractivity contribution in [3.05, 3.63) is 59.7 Å². The summed E-state index contributed by atoms with van der Waals surface area (Å²) in [7, 11) is 1.48. The summed E-state index contributed by atoms with van der Waals surface area (Å²) in [6.07, 6.45) is 2.28. The zero-order valence-corrected chi connectivity index (χ0v) is 15.1. The number of imide groups is 1. The van der Waals surface area contributed by atoms with E-state index in [0.717, 1.165) is 17.7 Å². The number of nitrogens with zero attached hydrogens (tertiary/aromatic N) is 2. The lowest BCUT2D eigenvalue weighted by Crippen LogP contribution is -2.52. The molecule has 1 atom stereocenters. The molecule has 0 spiro atoms. The lowest BCUT2D eigenvalue weighted by Gasteiger charge is -2.34. The second kappa shape index (κ2) is 6.87. The van der Waals surface area contributed by atoms with Gasteiger partial charge in [-0.15, -0.1) is 0 Å². The summed E-state index contributed by atoms with van der Waals surface area (Å²) < 4.78 is 5.30. The van der Waals surface area contributed by atoms with Crippen LogP contribution in [0.15, 0.2) is 48.5 Å². The number of amides is 3. The maximum absolute atomic E-state index is 13.4. The Bertz CT molecular complexity index is 924. The van der Waals surface area contributed by atoms with Crippen LogP contribution in [-0.4, -0.2) is 42.3 Å². The minimum atomic E-state index is -0.614. The molecule has 0 saturated carbocycles. The van der Waals surface area contributed by atoms with E-state index in [-0.39, 0.29) is 11.8 Å². The van der Waals surface area contributed by atoms with Gasteiger partial charge in [0.15, 0.2) is 0 Å². The summed E-state index contributed by atoms with van der Waals surface area (Å²) in [5, 5.41) is 0. The Hall–Kier alpha value is -3.15. The van der Waals surface area contributed by atoms with Gasteiger partial charge in [0.25, 0.3) is 17.7 Å². The number of para-hydroxylation sites is 2. The summed E-state index contributed by atoms with van der Waals surface area (Å²) in [5.74, 6) is -0.642. The third kappa shape index (κ3) is 2.77. The number of ether oxygens (including phenoxy) is 1. The number of anilines is 1. The third-order valence-electron chi connectivity index (χ3n) is 5.18. The summed E-state index contributed by atoms with van der Waals surface area (Å²) in [6.45, 7) is 0.528. The van der Waals surface area contributed by atoms with Crippen LogP contribution in [0.25, 0.3) is 0 Å². The van der Waals surface area contributed by atoms with Crippen LogP contribution < -0.4 is 9.64 Å². The van der Waals surface area contributed by atoms with Crippen molar-refractivity contribution in [2.75, 3.05) is 18.6 Å². The predicted molar refractivity (Wildman–Crippen MR) is 99.9 cm³/mol. The lowest BCUT2D eigenvalue weighted by molar-refractivity contribution is -0.123. The minimum Gasteiger partial charge on any atom is -0.496 e. The highest BCUT2D eigenvalue weighted by molar-refractivity contribution is 6.26. The molecule has 2 heterocycles.